The van der Waals surface area contributed by atoms with E-state index in [2.05, 4.69) is 20.8 Å². The number of ether oxygens (including phenoxy) is 2. The Labute approximate surface area is 215 Å². The molecule has 0 bridgehead atoms. The van der Waals surface area contributed by atoms with Gasteiger partial charge in [-0.2, -0.15) is 0 Å². The maximum Gasteiger partial charge on any atom is 0.343 e. The topological polar surface area (TPSA) is 52.6 Å². The first kappa shape index (κ1) is 27.2. The lowest BCUT2D eigenvalue weighted by atomic mass is 9.97. The van der Waals surface area contributed by atoms with Crippen molar-refractivity contribution in [1.82, 2.24) is 0 Å². The first-order valence-electron chi connectivity index (χ1n) is 13.2. The lowest BCUT2D eigenvalue weighted by molar-refractivity contribution is 0.0285. The first-order chi connectivity index (χ1) is 17.4. The molecule has 0 heterocycles. The number of carbonyl (C=O) groups excluding carboxylic acids is 2. The number of unbranched alkanes of at least 4 members (excludes halogenated alkanes) is 1. The quantitative estimate of drug-likeness (QED) is 0.191. The van der Waals surface area contributed by atoms with Crippen LogP contribution in [0.25, 0.3) is 11.1 Å². The minimum absolute atomic E-state index is 0.101. The summed E-state index contributed by atoms with van der Waals surface area (Å²) in [6.07, 6.45) is 6.28. The number of hydrogen-bond donors (Lipinski definition) is 0. The van der Waals surface area contributed by atoms with Crippen LogP contribution in [-0.4, -0.2) is 18.0 Å². The molecule has 4 nitrogen and oxygen atoms in total. The van der Waals surface area contributed by atoms with Crippen LogP contribution in [0.2, 0.25) is 0 Å². The zero-order chi connectivity index (χ0) is 25.9. The second-order valence-corrected chi connectivity index (χ2v) is 9.43. The Morgan fingerprint density at radius 2 is 1.25 bits per heavy atom. The van der Waals surface area contributed by atoms with Crippen molar-refractivity contribution in [3.8, 4) is 16.9 Å². The van der Waals surface area contributed by atoms with Crippen LogP contribution in [0.4, 0.5) is 0 Å². The molecule has 0 amide bonds. The summed E-state index contributed by atoms with van der Waals surface area (Å²) in [5, 5.41) is 0. The number of rotatable bonds is 12. The highest BCUT2D eigenvalue weighted by atomic mass is 16.5. The van der Waals surface area contributed by atoms with Gasteiger partial charge >= 0.3 is 11.9 Å². The summed E-state index contributed by atoms with van der Waals surface area (Å²) in [4.78, 5) is 25.0. The lowest BCUT2D eigenvalue weighted by Gasteiger charge is -2.18. The van der Waals surface area contributed by atoms with Gasteiger partial charge in [-0.05, 0) is 85.2 Å². The summed E-state index contributed by atoms with van der Waals surface area (Å²) in [6, 6.07) is 22.4. The van der Waals surface area contributed by atoms with Gasteiger partial charge in [0.15, 0.2) is 0 Å². The second-order valence-electron chi connectivity index (χ2n) is 9.43. The Kier molecular flexibility index (Phi) is 10.3. The highest BCUT2D eigenvalue weighted by Gasteiger charge is 2.16. The summed E-state index contributed by atoms with van der Waals surface area (Å²) in [7, 11) is 0. The van der Waals surface area contributed by atoms with E-state index in [4.69, 9.17) is 9.47 Å². The van der Waals surface area contributed by atoms with Crippen molar-refractivity contribution in [1.29, 1.82) is 0 Å². The number of carbonyl (C=O) groups is 2. The maximum atomic E-state index is 12.5. The molecule has 1 atom stereocenters. The number of benzene rings is 3. The molecule has 0 aromatic heterocycles. The van der Waals surface area contributed by atoms with Crippen LogP contribution >= 0.6 is 0 Å². The van der Waals surface area contributed by atoms with Crippen molar-refractivity contribution >= 4 is 11.9 Å². The molecule has 0 aliphatic carbocycles. The predicted molar refractivity (Wildman–Crippen MR) is 145 cm³/mol. The number of hydrogen-bond acceptors (Lipinski definition) is 4. The molecule has 0 saturated carbocycles. The average Bonchev–Trinajstić information content (AvgIpc) is 2.91. The van der Waals surface area contributed by atoms with Gasteiger partial charge in [-0.3, -0.25) is 0 Å². The molecule has 0 radical (unpaired) electrons. The van der Waals surface area contributed by atoms with Crippen LogP contribution in [0, 0.1) is 5.92 Å². The fraction of sp³-hybridized carbons (Fsp3) is 0.375. The van der Waals surface area contributed by atoms with Gasteiger partial charge in [-0.25, -0.2) is 9.59 Å². The van der Waals surface area contributed by atoms with E-state index < -0.39 is 0 Å². The van der Waals surface area contributed by atoms with E-state index in [9.17, 15) is 9.59 Å². The zero-order valence-electron chi connectivity index (χ0n) is 22.0. The van der Waals surface area contributed by atoms with Gasteiger partial charge < -0.3 is 9.47 Å². The average molecular weight is 487 g/mol. The highest BCUT2D eigenvalue weighted by molar-refractivity contribution is 5.91. The predicted octanol–water partition coefficient (Wildman–Crippen LogP) is 8.29. The van der Waals surface area contributed by atoms with Crippen molar-refractivity contribution in [2.75, 3.05) is 0 Å². The molecule has 0 N–H and O–H groups in total. The van der Waals surface area contributed by atoms with E-state index in [1.54, 1.807) is 24.3 Å². The highest BCUT2D eigenvalue weighted by Crippen LogP contribution is 2.24. The molecule has 0 fully saturated rings. The Balaban J connectivity index is 1.56. The van der Waals surface area contributed by atoms with Crippen LogP contribution in [0.3, 0.4) is 0 Å². The van der Waals surface area contributed by atoms with Crippen molar-refractivity contribution in [2.24, 2.45) is 5.92 Å². The van der Waals surface area contributed by atoms with Crippen LogP contribution < -0.4 is 4.74 Å². The van der Waals surface area contributed by atoms with Crippen LogP contribution in [0.1, 0.15) is 86.1 Å². The maximum absolute atomic E-state index is 12.5. The molecule has 190 valence electrons. The SMILES string of the molecule is CCCCc1ccc(C(=O)Oc2ccc(-c3ccc(C(=O)OC(C)CC(CC)CC)cc3)cc2)cc1. The Hall–Kier alpha value is -3.40. The van der Waals surface area contributed by atoms with Gasteiger partial charge in [-0.15, -0.1) is 0 Å². The second kappa shape index (κ2) is 13.6. The Morgan fingerprint density at radius 3 is 1.81 bits per heavy atom. The van der Waals surface area contributed by atoms with E-state index in [0.29, 0.717) is 22.8 Å². The van der Waals surface area contributed by atoms with Crippen molar-refractivity contribution in [3.63, 3.8) is 0 Å². The van der Waals surface area contributed by atoms with Crippen LogP contribution in [0.15, 0.2) is 72.8 Å². The standard InChI is InChI=1S/C32H38O4/c1-5-8-9-25-10-12-28(13-11-25)32(34)36-30-20-18-27(19-21-30)26-14-16-29(17-15-26)31(33)35-23(4)22-24(6-2)7-3/h10-21,23-24H,5-9,22H2,1-4H3. The van der Waals surface area contributed by atoms with E-state index >= 15 is 0 Å². The molecular weight excluding hydrogens is 448 g/mol. The van der Waals surface area contributed by atoms with Crippen LogP contribution in [-0.2, 0) is 11.2 Å². The number of esters is 2. The molecule has 36 heavy (non-hydrogen) atoms. The van der Waals surface area contributed by atoms with Crippen molar-refractivity contribution < 1.29 is 19.1 Å². The third-order valence-electron chi connectivity index (χ3n) is 6.66. The molecule has 0 saturated heterocycles. The molecule has 0 aliphatic heterocycles. The summed E-state index contributed by atoms with van der Waals surface area (Å²) in [6.45, 7) is 8.47. The monoisotopic (exact) mass is 486 g/mol. The smallest absolute Gasteiger partial charge is 0.343 e. The van der Waals surface area contributed by atoms with Gasteiger partial charge in [-0.1, -0.05) is 76.4 Å². The van der Waals surface area contributed by atoms with Gasteiger partial charge in [0.25, 0.3) is 0 Å². The lowest BCUT2D eigenvalue weighted by Crippen LogP contribution is -2.18. The summed E-state index contributed by atoms with van der Waals surface area (Å²) < 4.78 is 11.2. The van der Waals surface area contributed by atoms with Crippen molar-refractivity contribution in [3.05, 3.63) is 89.5 Å². The van der Waals surface area contributed by atoms with Gasteiger partial charge in [0.1, 0.15) is 5.75 Å². The normalized spacial score (nSPS) is 11.8. The molecule has 0 spiro atoms. The first-order valence-corrected chi connectivity index (χ1v) is 13.2. The molecule has 3 aromatic rings. The van der Waals surface area contributed by atoms with E-state index in [1.165, 1.54) is 5.56 Å². The molecule has 0 aliphatic rings. The van der Waals surface area contributed by atoms with E-state index in [1.807, 2.05) is 55.5 Å². The van der Waals surface area contributed by atoms with Gasteiger partial charge in [0, 0.05) is 0 Å². The molecular formula is C32H38O4. The van der Waals surface area contributed by atoms with Gasteiger partial charge in [0.05, 0.1) is 17.2 Å². The minimum atomic E-state index is -0.369. The van der Waals surface area contributed by atoms with E-state index in [0.717, 1.165) is 49.7 Å². The molecule has 3 aromatic carbocycles. The minimum Gasteiger partial charge on any atom is -0.459 e. The van der Waals surface area contributed by atoms with Gasteiger partial charge in [0.2, 0.25) is 0 Å². The van der Waals surface area contributed by atoms with Crippen molar-refractivity contribution in [2.45, 2.75) is 72.3 Å². The third-order valence-corrected chi connectivity index (χ3v) is 6.66. The fourth-order valence-corrected chi connectivity index (χ4v) is 4.26. The largest absolute Gasteiger partial charge is 0.459 e. The number of aryl methyl sites for hydroxylation is 1. The molecule has 1 unspecified atom stereocenters. The zero-order valence-corrected chi connectivity index (χ0v) is 22.0. The summed E-state index contributed by atoms with van der Waals surface area (Å²) in [5.41, 5.74) is 4.25. The Bertz CT molecular complexity index is 1090. The van der Waals surface area contributed by atoms with E-state index in [-0.39, 0.29) is 18.0 Å². The summed E-state index contributed by atoms with van der Waals surface area (Å²) in [5.74, 6) is 0.408. The van der Waals surface area contributed by atoms with Crippen LogP contribution in [0.5, 0.6) is 5.75 Å². The third kappa shape index (κ3) is 7.81. The Morgan fingerprint density at radius 1 is 0.722 bits per heavy atom. The summed E-state index contributed by atoms with van der Waals surface area (Å²) >= 11 is 0. The fourth-order valence-electron chi connectivity index (χ4n) is 4.26. The molecule has 4 heteroatoms. The molecule has 3 rings (SSSR count).